The van der Waals surface area contributed by atoms with Gasteiger partial charge in [0.05, 0.1) is 11.0 Å². The van der Waals surface area contributed by atoms with E-state index in [9.17, 15) is 0 Å². The Balaban J connectivity index is 1.16. The zero-order valence-electron chi connectivity index (χ0n) is 31.3. The van der Waals surface area contributed by atoms with Crippen LogP contribution >= 0.6 is 0 Å². The number of anilines is 3. The molecular formula is C54H34N2O2. The molecule has 0 aliphatic carbocycles. The summed E-state index contributed by atoms with van der Waals surface area (Å²) in [6, 6.07) is 73.4. The van der Waals surface area contributed by atoms with Crippen molar-refractivity contribution in [3.05, 3.63) is 206 Å². The Bertz CT molecular complexity index is 3500. The predicted octanol–water partition coefficient (Wildman–Crippen LogP) is 15.4. The lowest BCUT2D eigenvalue weighted by molar-refractivity contribution is 0.668. The molecule has 0 fully saturated rings. The number of rotatable bonds is 6. The summed E-state index contributed by atoms with van der Waals surface area (Å²) in [4.78, 5) is 2.34. The Morgan fingerprint density at radius 3 is 1.60 bits per heavy atom. The molecule has 272 valence electrons. The number of furan rings is 2. The van der Waals surface area contributed by atoms with Crippen molar-refractivity contribution < 1.29 is 8.83 Å². The zero-order valence-corrected chi connectivity index (χ0v) is 31.3. The first-order valence-corrected chi connectivity index (χ1v) is 19.7. The highest BCUT2D eigenvalue weighted by Crippen LogP contribution is 2.45. The number of fused-ring (bicyclic) bond motifs is 9. The van der Waals surface area contributed by atoms with Gasteiger partial charge in [0.2, 0.25) is 0 Å². The SMILES string of the molecule is c1ccc(-c2cc(-c3ccccc3)c3c(c2)c2ccc(N(c4ccc5c(c4)oc4ccccc45)c4ccc5oc6ccccc6c5c4)cc2n3-c2ccccc2)cc1. The quantitative estimate of drug-likeness (QED) is 0.170. The van der Waals surface area contributed by atoms with Crippen molar-refractivity contribution in [3.8, 4) is 27.9 Å². The predicted molar refractivity (Wildman–Crippen MR) is 241 cm³/mol. The third kappa shape index (κ3) is 5.09. The first kappa shape index (κ1) is 32.4. The van der Waals surface area contributed by atoms with Gasteiger partial charge in [-0.1, -0.05) is 121 Å². The molecule has 4 nitrogen and oxygen atoms in total. The maximum atomic E-state index is 6.47. The van der Waals surface area contributed by atoms with Crippen molar-refractivity contribution in [2.45, 2.75) is 0 Å². The molecule has 0 saturated carbocycles. The van der Waals surface area contributed by atoms with E-state index in [0.717, 1.165) is 72.1 Å². The maximum Gasteiger partial charge on any atom is 0.137 e. The van der Waals surface area contributed by atoms with Gasteiger partial charge in [-0.3, -0.25) is 0 Å². The molecule has 12 rings (SSSR count). The molecule has 0 radical (unpaired) electrons. The van der Waals surface area contributed by atoms with Gasteiger partial charge < -0.3 is 18.3 Å². The summed E-state index contributed by atoms with van der Waals surface area (Å²) < 4.78 is 15.2. The van der Waals surface area contributed by atoms with Gasteiger partial charge in [-0.25, -0.2) is 0 Å². The van der Waals surface area contributed by atoms with Gasteiger partial charge >= 0.3 is 0 Å². The summed E-state index contributed by atoms with van der Waals surface area (Å²) in [5, 5.41) is 6.75. The smallest absolute Gasteiger partial charge is 0.137 e. The second kappa shape index (κ2) is 12.9. The first-order chi connectivity index (χ1) is 28.7. The molecule has 0 bridgehead atoms. The molecule has 0 atom stereocenters. The average Bonchev–Trinajstić information content (AvgIpc) is 3.96. The molecule has 0 spiro atoms. The van der Waals surface area contributed by atoms with Gasteiger partial charge in [-0.15, -0.1) is 0 Å². The Morgan fingerprint density at radius 1 is 0.328 bits per heavy atom. The Morgan fingerprint density at radius 2 is 0.862 bits per heavy atom. The van der Waals surface area contributed by atoms with E-state index in [1.807, 2.05) is 24.3 Å². The van der Waals surface area contributed by atoms with Crippen molar-refractivity contribution in [3.63, 3.8) is 0 Å². The minimum Gasteiger partial charge on any atom is -0.456 e. The van der Waals surface area contributed by atoms with Gasteiger partial charge in [-0.05, 0) is 95.6 Å². The van der Waals surface area contributed by atoms with Crippen LogP contribution in [0.4, 0.5) is 17.1 Å². The molecule has 0 aliphatic rings. The van der Waals surface area contributed by atoms with E-state index in [2.05, 4.69) is 191 Å². The highest BCUT2D eigenvalue weighted by Gasteiger charge is 2.22. The van der Waals surface area contributed by atoms with E-state index in [4.69, 9.17) is 8.83 Å². The molecule has 3 heterocycles. The van der Waals surface area contributed by atoms with Gasteiger partial charge in [-0.2, -0.15) is 0 Å². The van der Waals surface area contributed by atoms with E-state index in [-0.39, 0.29) is 0 Å². The number of hydrogen-bond donors (Lipinski definition) is 0. The van der Waals surface area contributed by atoms with E-state index >= 15 is 0 Å². The third-order valence-electron chi connectivity index (χ3n) is 11.5. The topological polar surface area (TPSA) is 34.5 Å². The minimum absolute atomic E-state index is 0.846. The van der Waals surface area contributed by atoms with E-state index in [1.54, 1.807) is 0 Å². The molecule has 4 heteroatoms. The second-order valence-corrected chi connectivity index (χ2v) is 14.9. The van der Waals surface area contributed by atoms with Crippen LogP contribution in [0.15, 0.2) is 215 Å². The summed E-state index contributed by atoms with van der Waals surface area (Å²) in [7, 11) is 0. The Kier molecular flexibility index (Phi) is 7.20. The Hall–Kier alpha value is -7.82. The molecule has 0 amide bonds. The number of nitrogens with zero attached hydrogens (tertiary/aromatic N) is 2. The normalized spacial score (nSPS) is 11.8. The van der Waals surface area contributed by atoms with Gasteiger partial charge in [0.1, 0.15) is 22.3 Å². The summed E-state index contributed by atoms with van der Waals surface area (Å²) >= 11 is 0. The summed E-state index contributed by atoms with van der Waals surface area (Å²) in [5.74, 6) is 0. The average molecular weight is 743 g/mol. The van der Waals surface area contributed by atoms with Gasteiger partial charge in [0.25, 0.3) is 0 Å². The molecule has 3 aromatic heterocycles. The van der Waals surface area contributed by atoms with Crippen LogP contribution in [0.5, 0.6) is 0 Å². The molecule has 12 aromatic rings. The highest BCUT2D eigenvalue weighted by atomic mass is 16.3. The van der Waals surface area contributed by atoms with E-state index in [1.165, 1.54) is 38.5 Å². The fraction of sp³-hybridized carbons (Fsp3) is 0. The standard InChI is InChI=1S/C54H34N2O2/c1-4-14-35(15-5-1)37-30-46(36-16-6-2-7-17-36)54-48(31-37)42-27-24-40(33-49(42)56(54)38-18-8-3-9-19-38)55(39-26-29-52-47(32-39)44-21-11-13-23-51(44)57-52)41-25-28-45-43-20-10-12-22-50(43)58-53(45)34-41/h1-34H. The van der Waals surface area contributed by atoms with Gasteiger partial charge in [0, 0.05) is 66.7 Å². The summed E-state index contributed by atoms with van der Waals surface area (Å²) in [6.45, 7) is 0. The molecule has 58 heavy (non-hydrogen) atoms. The molecular weight excluding hydrogens is 709 g/mol. The van der Waals surface area contributed by atoms with Crippen LogP contribution in [0.2, 0.25) is 0 Å². The largest absolute Gasteiger partial charge is 0.456 e. The van der Waals surface area contributed by atoms with Crippen LogP contribution in [0.1, 0.15) is 0 Å². The zero-order chi connectivity index (χ0) is 38.2. The van der Waals surface area contributed by atoms with Crippen molar-refractivity contribution in [2.24, 2.45) is 0 Å². The van der Waals surface area contributed by atoms with Crippen LogP contribution in [-0.4, -0.2) is 4.57 Å². The number of hydrogen-bond acceptors (Lipinski definition) is 3. The molecule has 9 aromatic carbocycles. The lowest BCUT2D eigenvalue weighted by Gasteiger charge is -2.26. The minimum atomic E-state index is 0.846. The van der Waals surface area contributed by atoms with Crippen molar-refractivity contribution >= 4 is 82.7 Å². The monoisotopic (exact) mass is 742 g/mol. The summed E-state index contributed by atoms with van der Waals surface area (Å²) in [6.07, 6.45) is 0. The van der Waals surface area contributed by atoms with E-state index < -0.39 is 0 Å². The first-order valence-electron chi connectivity index (χ1n) is 19.7. The fourth-order valence-electron chi connectivity index (χ4n) is 8.91. The summed E-state index contributed by atoms with van der Waals surface area (Å²) in [5.41, 5.74) is 14.6. The van der Waals surface area contributed by atoms with Crippen LogP contribution in [0.3, 0.4) is 0 Å². The molecule has 0 unspecified atom stereocenters. The lowest BCUT2D eigenvalue weighted by atomic mass is 9.95. The van der Waals surface area contributed by atoms with E-state index in [0.29, 0.717) is 0 Å². The third-order valence-corrected chi connectivity index (χ3v) is 11.5. The number of para-hydroxylation sites is 3. The molecule has 0 N–H and O–H groups in total. The van der Waals surface area contributed by atoms with Crippen molar-refractivity contribution in [2.75, 3.05) is 4.90 Å². The van der Waals surface area contributed by atoms with Crippen LogP contribution in [-0.2, 0) is 0 Å². The number of aromatic nitrogens is 1. The van der Waals surface area contributed by atoms with Crippen LogP contribution in [0, 0.1) is 0 Å². The maximum absolute atomic E-state index is 6.47. The Labute approximate surface area is 334 Å². The molecule has 0 aliphatic heterocycles. The van der Waals surface area contributed by atoms with Crippen molar-refractivity contribution in [1.82, 2.24) is 4.57 Å². The fourth-order valence-corrected chi connectivity index (χ4v) is 8.91. The lowest BCUT2D eigenvalue weighted by Crippen LogP contribution is -2.10. The van der Waals surface area contributed by atoms with Crippen molar-refractivity contribution in [1.29, 1.82) is 0 Å². The van der Waals surface area contributed by atoms with Crippen LogP contribution < -0.4 is 4.90 Å². The highest BCUT2D eigenvalue weighted by molar-refractivity contribution is 6.16. The molecule has 0 saturated heterocycles. The second-order valence-electron chi connectivity index (χ2n) is 14.9. The number of benzene rings is 9. The van der Waals surface area contributed by atoms with Crippen LogP contribution in [0.25, 0.3) is 93.6 Å². The van der Waals surface area contributed by atoms with Gasteiger partial charge in [0.15, 0.2) is 0 Å².